The van der Waals surface area contributed by atoms with Gasteiger partial charge in [-0.2, -0.15) is 0 Å². The van der Waals surface area contributed by atoms with E-state index in [9.17, 15) is 4.79 Å². The highest BCUT2D eigenvalue weighted by Crippen LogP contribution is 2.27. The smallest absolute Gasteiger partial charge is 0.419 e. The molecule has 3 nitrogen and oxygen atoms in total. The summed E-state index contributed by atoms with van der Waals surface area (Å²) in [4.78, 5) is 12.2. The maximum Gasteiger partial charge on any atom is 0.419 e. The van der Waals surface area contributed by atoms with Crippen LogP contribution in [0.25, 0.3) is 10.9 Å². The van der Waals surface area contributed by atoms with Crippen LogP contribution in [0.1, 0.15) is 26.3 Å². The van der Waals surface area contributed by atoms with Crippen LogP contribution in [0.5, 0.6) is 0 Å². The molecule has 0 unspecified atom stereocenters. The fourth-order valence-electron chi connectivity index (χ4n) is 1.84. The number of benzene rings is 1. The van der Waals surface area contributed by atoms with Crippen LogP contribution in [-0.2, 0) is 10.1 Å². The summed E-state index contributed by atoms with van der Waals surface area (Å²) < 4.78 is 6.92. The fraction of sp³-hybridized carbons (Fsp3) is 0.357. The number of carbonyl (C=O) groups is 1. The predicted octanol–water partition coefficient (Wildman–Crippen LogP) is 4.97. The lowest BCUT2D eigenvalue weighted by atomic mass is 10.2. The average Bonchev–Trinajstić information content (AvgIpc) is 2.64. The van der Waals surface area contributed by atoms with Gasteiger partial charge in [0, 0.05) is 21.9 Å². The predicted molar refractivity (Wildman–Crippen MR) is 81.2 cm³/mol. The molecular formula is C14H15BrClNO2. The van der Waals surface area contributed by atoms with Gasteiger partial charge >= 0.3 is 6.09 Å². The van der Waals surface area contributed by atoms with Gasteiger partial charge in [-0.15, -0.1) is 0 Å². The van der Waals surface area contributed by atoms with E-state index in [2.05, 4.69) is 15.9 Å². The summed E-state index contributed by atoms with van der Waals surface area (Å²) in [5.41, 5.74) is 1.28. The highest BCUT2D eigenvalue weighted by Gasteiger charge is 2.20. The Morgan fingerprint density at radius 1 is 1.42 bits per heavy atom. The normalized spacial score (nSPS) is 11.8. The van der Waals surface area contributed by atoms with E-state index >= 15 is 0 Å². The van der Waals surface area contributed by atoms with Gasteiger partial charge < -0.3 is 4.74 Å². The molecule has 2 aromatic rings. The quantitative estimate of drug-likeness (QED) is 0.684. The van der Waals surface area contributed by atoms with Gasteiger partial charge in [0.05, 0.1) is 5.52 Å². The molecule has 0 fully saturated rings. The summed E-state index contributed by atoms with van der Waals surface area (Å²) in [5, 5.41) is 2.26. The number of aromatic nitrogens is 1. The molecule has 1 aromatic heterocycles. The van der Waals surface area contributed by atoms with Crippen LogP contribution in [0.3, 0.4) is 0 Å². The van der Waals surface area contributed by atoms with Gasteiger partial charge in [0.2, 0.25) is 0 Å². The van der Waals surface area contributed by atoms with E-state index in [1.807, 2.05) is 32.9 Å². The lowest BCUT2D eigenvalue weighted by molar-refractivity contribution is 0.0544. The molecule has 0 aliphatic rings. The van der Waals surface area contributed by atoms with Crippen molar-refractivity contribution in [2.75, 3.05) is 0 Å². The van der Waals surface area contributed by atoms with Crippen molar-refractivity contribution in [1.82, 2.24) is 4.57 Å². The molecule has 0 aliphatic heterocycles. The number of alkyl halides is 1. The molecule has 0 spiro atoms. The maximum atomic E-state index is 12.2. The van der Waals surface area contributed by atoms with Crippen molar-refractivity contribution < 1.29 is 9.53 Å². The summed E-state index contributed by atoms with van der Waals surface area (Å²) in [6, 6.07) is 5.45. The highest BCUT2D eigenvalue weighted by molar-refractivity contribution is 9.08. The molecule has 5 heteroatoms. The first-order valence-electron chi connectivity index (χ1n) is 5.90. The Hall–Kier alpha value is -1.00. The first-order valence-corrected chi connectivity index (χ1v) is 7.40. The Bertz CT molecular complexity index is 628. The number of hydrogen-bond acceptors (Lipinski definition) is 2. The summed E-state index contributed by atoms with van der Waals surface area (Å²) in [6.45, 7) is 5.54. The zero-order valence-corrected chi connectivity index (χ0v) is 13.4. The van der Waals surface area contributed by atoms with E-state index in [4.69, 9.17) is 16.3 Å². The molecular weight excluding hydrogens is 330 g/mol. The summed E-state index contributed by atoms with van der Waals surface area (Å²) in [6.07, 6.45) is 1.40. The second kappa shape index (κ2) is 5.17. The molecule has 0 aliphatic carbocycles. The minimum absolute atomic E-state index is 0.382. The third-order valence-corrected chi connectivity index (χ3v) is 3.42. The molecule has 1 heterocycles. The van der Waals surface area contributed by atoms with Crippen LogP contribution in [0.2, 0.25) is 5.02 Å². The molecule has 0 saturated heterocycles. The van der Waals surface area contributed by atoms with E-state index in [1.165, 1.54) is 4.57 Å². The van der Waals surface area contributed by atoms with Crippen molar-refractivity contribution in [2.24, 2.45) is 0 Å². The van der Waals surface area contributed by atoms with Gasteiger partial charge in [0.1, 0.15) is 5.60 Å². The Balaban J connectivity index is 2.52. The minimum atomic E-state index is -0.519. The van der Waals surface area contributed by atoms with Crippen LogP contribution in [0.4, 0.5) is 4.79 Å². The van der Waals surface area contributed by atoms with Gasteiger partial charge in [-0.05, 0) is 44.5 Å². The molecule has 2 rings (SSSR count). The summed E-state index contributed by atoms with van der Waals surface area (Å²) >= 11 is 9.42. The van der Waals surface area contributed by atoms with Gasteiger partial charge in [-0.1, -0.05) is 27.5 Å². The van der Waals surface area contributed by atoms with E-state index in [-0.39, 0.29) is 6.09 Å². The van der Waals surface area contributed by atoms with Gasteiger partial charge in [0.15, 0.2) is 0 Å². The van der Waals surface area contributed by atoms with E-state index in [0.29, 0.717) is 10.4 Å². The number of carbonyl (C=O) groups excluding carboxylic acids is 1. The third kappa shape index (κ3) is 3.12. The lowest BCUT2D eigenvalue weighted by Gasteiger charge is -2.19. The summed E-state index contributed by atoms with van der Waals surface area (Å²) in [7, 11) is 0. The van der Waals surface area contributed by atoms with Crippen LogP contribution in [0.15, 0.2) is 24.4 Å². The fourth-order valence-corrected chi connectivity index (χ4v) is 2.46. The first kappa shape index (κ1) is 14.4. The Morgan fingerprint density at radius 2 is 2.11 bits per heavy atom. The van der Waals surface area contributed by atoms with E-state index in [1.54, 1.807) is 12.3 Å². The SMILES string of the molecule is CC(C)(C)OC(=O)n1cc(CBr)c2cc(Cl)ccc21. The molecule has 0 saturated carbocycles. The number of halogens is 2. The molecule has 0 amide bonds. The highest BCUT2D eigenvalue weighted by atomic mass is 79.9. The van der Waals surface area contributed by atoms with Gasteiger partial charge in [-0.25, -0.2) is 4.79 Å². The number of fused-ring (bicyclic) bond motifs is 1. The van der Waals surface area contributed by atoms with Gasteiger partial charge in [-0.3, -0.25) is 4.57 Å². The summed E-state index contributed by atoms with van der Waals surface area (Å²) in [5.74, 6) is 0. The molecule has 0 bridgehead atoms. The molecule has 0 N–H and O–H groups in total. The topological polar surface area (TPSA) is 31.2 Å². The largest absolute Gasteiger partial charge is 0.443 e. The maximum absolute atomic E-state index is 12.2. The van der Waals surface area contributed by atoms with Crippen molar-refractivity contribution in [1.29, 1.82) is 0 Å². The van der Waals surface area contributed by atoms with Crippen molar-refractivity contribution in [3.05, 3.63) is 35.0 Å². The van der Waals surface area contributed by atoms with Crippen LogP contribution in [0, 0.1) is 0 Å². The standard InChI is InChI=1S/C14H15BrClNO2/c1-14(2,3)19-13(18)17-8-9(7-15)11-6-10(16)4-5-12(11)17/h4-6,8H,7H2,1-3H3. The lowest BCUT2D eigenvalue weighted by Crippen LogP contribution is -2.26. The van der Waals surface area contributed by atoms with E-state index in [0.717, 1.165) is 16.5 Å². The van der Waals surface area contributed by atoms with Gasteiger partial charge in [0.25, 0.3) is 0 Å². The molecule has 19 heavy (non-hydrogen) atoms. The monoisotopic (exact) mass is 343 g/mol. The number of nitrogens with zero attached hydrogens (tertiary/aromatic N) is 1. The van der Waals surface area contributed by atoms with Crippen molar-refractivity contribution >= 4 is 44.5 Å². The number of rotatable bonds is 1. The number of ether oxygens (including phenoxy) is 1. The molecule has 0 atom stereocenters. The third-order valence-electron chi connectivity index (χ3n) is 2.58. The van der Waals surface area contributed by atoms with Crippen molar-refractivity contribution in [2.45, 2.75) is 31.7 Å². The zero-order valence-electron chi connectivity index (χ0n) is 11.0. The Labute approximate surface area is 125 Å². The molecule has 0 radical (unpaired) electrons. The second-order valence-electron chi connectivity index (χ2n) is 5.30. The van der Waals surface area contributed by atoms with Crippen LogP contribution in [-0.4, -0.2) is 16.3 Å². The zero-order chi connectivity index (χ0) is 14.2. The average molecular weight is 345 g/mol. The Kier molecular flexibility index (Phi) is 3.92. The Morgan fingerprint density at radius 3 is 2.68 bits per heavy atom. The first-order chi connectivity index (χ1) is 8.81. The molecule has 1 aromatic carbocycles. The second-order valence-corrected chi connectivity index (χ2v) is 6.30. The van der Waals surface area contributed by atoms with Crippen LogP contribution < -0.4 is 0 Å². The van der Waals surface area contributed by atoms with E-state index < -0.39 is 5.60 Å². The van der Waals surface area contributed by atoms with Crippen LogP contribution >= 0.6 is 27.5 Å². The van der Waals surface area contributed by atoms with Crippen molar-refractivity contribution in [3.63, 3.8) is 0 Å². The molecule has 102 valence electrons. The minimum Gasteiger partial charge on any atom is -0.443 e. The van der Waals surface area contributed by atoms with Crippen molar-refractivity contribution in [3.8, 4) is 0 Å². The number of hydrogen-bond donors (Lipinski definition) is 0.